The molecular formula is C13H22N4O. The van der Waals surface area contributed by atoms with Crippen LogP contribution in [0, 0.1) is 6.92 Å². The predicted octanol–water partition coefficient (Wildman–Crippen LogP) is 1.25. The second-order valence-corrected chi connectivity index (χ2v) is 4.71. The molecule has 1 aliphatic heterocycles. The van der Waals surface area contributed by atoms with Gasteiger partial charge < -0.3 is 15.4 Å². The Bertz CT molecular complexity index is 397. The molecular weight excluding hydrogens is 228 g/mol. The van der Waals surface area contributed by atoms with Crippen LogP contribution in [0.1, 0.15) is 31.2 Å². The molecule has 5 heteroatoms. The molecule has 0 spiro atoms. The van der Waals surface area contributed by atoms with E-state index in [9.17, 15) is 0 Å². The molecule has 2 rings (SSSR count). The van der Waals surface area contributed by atoms with E-state index in [1.807, 2.05) is 13.0 Å². The maximum atomic E-state index is 5.77. The summed E-state index contributed by atoms with van der Waals surface area (Å²) in [5.74, 6) is 0.791. The molecule has 0 saturated carbocycles. The fraction of sp³-hybridized carbons (Fsp3) is 0.692. The molecule has 1 aromatic heterocycles. The van der Waals surface area contributed by atoms with E-state index in [0.29, 0.717) is 6.54 Å². The normalized spacial score (nSPS) is 20.8. The number of nitrogens with two attached hydrogens (primary N) is 1. The van der Waals surface area contributed by atoms with Crippen LogP contribution in [0.25, 0.3) is 0 Å². The summed E-state index contributed by atoms with van der Waals surface area (Å²) in [4.78, 5) is 11.3. The van der Waals surface area contributed by atoms with Crippen LogP contribution >= 0.6 is 0 Å². The van der Waals surface area contributed by atoms with E-state index in [-0.39, 0.29) is 6.10 Å². The van der Waals surface area contributed by atoms with E-state index < -0.39 is 0 Å². The minimum absolute atomic E-state index is 0.276. The number of rotatable bonds is 3. The Morgan fingerprint density at radius 2 is 2.33 bits per heavy atom. The first-order chi connectivity index (χ1) is 8.72. The van der Waals surface area contributed by atoms with Gasteiger partial charge in [0, 0.05) is 31.9 Å². The molecule has 1 atom stereocenters. The van der Waals surface area contributed by atoms with Gasteiger partial charge in [-0.2, -0.15) is 0 Å². The Labute approximate surface area is 108 Å². The van der Waals surface area contributed by atoms with Crippen LogP contribution in [0.15, 0.2) is 6.07 Å². The number of ether oxygens (including phenoxy) is 1. The lowest BCUT2D eigenvalue weighted by Gasteiger charge is -2.23. The van der Waals surface area contributed by atoms with Crippen LogP contribution < -0.4 is 10.6 Å². The second-order valence-electron chi connectivity index (χ2n) is 4.71. The molecule has 0 aliphatic carbocycles. The predicted molar refractivity (Wildman–Crippen MR) is 71.5 cm³/mol. The summed E-state index contributed by atoms with van der Waals surface area (Å²) < 4.78 is 5.77. The molecule has 2 N–H and O–H groups in total. The Kier molecular flexibility index (Phi) is 4.49. The minimum Gasteiger partial charge on any atom is -0.376 e. The maximum absolute atomic E-state index is 5.77. The zero-order chi connectivity index (χ0) is 13.0. The highest BCUT2D eigenvalue weighted by molar-refractivity contribution is 5.32. The standard InChI is InChI=1S/C13H22N4O/c1-3-12-9-17(5-4-6-18-12)13-15-10(2)7-11(8-14)16-13/h7,12H,3-6,8-9,14H2,1-2H3. The topological polar surface area (TPSA) is 64.3 Å². The zero-order valence-corrected chi connectivity index (χ0v) is 11.2. The van der Waals surface area contributed by atoms with Crippen molar-refractivity contribution in [3.63, 3.8) is 0 Å². The first-order valence-electron chi connectivity index (χ1n) is 6.64. The van der Waals surface area contributed by atoms with Crippen molar-refractivity contribution >= 4 is 5.95 Å². The quantitative estimate of drug-likeness (QED) is 0.874. The molecule has 2 heterocycles. The van der Waals surface area contributed by atoms with Crippen LogP contribution in [-0.4, -0.2) is 35.8 Å². The molecule has 100 valence electrons. The van der Waals surface area contributed by atoms with Crippen molar-refractivity contribution in [3.8, 4) is 0 Å². The number of nitrogens with zero attached hydrogens (tertiary/aromatic N) is 3. The number of anilines is 1. The molecule has 1 aromatic rings. The zero-order valence-electron chi connectivity index (χ0n) is 11.2. The summed E-state index contributed by atoms with van der Waals surface area (Å²) in [5, 5.41) is 0. The van der Waals surface area contributed by atoms with Gasteiger partial charge in [-0.1, -0.05) is 6.92 Å². The molecule has 0 amide bonds. The first kappa shape index (κ1) is 13.2. The van der Waals surface area contributed by atoms with Gasteiger partial charge in [-0.3, -0.25) is 0 Å². The summed E-state index contributed by atoms with van der Waals surface area (Å²) >= 11 is 0. The lowest BCUT2D eigenvalue weighted by atomic mass is 10.2. The third-order valence-corrected chi connectivity index (χ3v) is 3.19. The first-order valence-corrected chi connectivity index (χ1v) is 6.64. The Balaban J connectivity index is 2.20. The largest absolute Gasteiger partial charge is 0.376 e. The highest BCUT2D eigenvalue weighted by Gasteiger charge is 2.19. The van der Waals surface area contributed by atoms with Gasteiger partial charge >= 0.3 is 0 Å². The summed E-state index contributed by atoms with van der Waals surface area (Å²) in [7, 11) is 0. The van der Waals surface area contributed by atoms with Gasteiger partial charge in [-0.15, -0.1) is 0 Å². The average molecular weight is 250 g/mol. The van der Waals surface area contributed by atoms with E-state index in [1.165, 1.54) is 0 Å². The van der Waals surface area contributed by atoms with E-state index in [4.69, 9.17) is 10.5 Å². The highest BCUT2D eigenvalue weighted by Crippen LogP contribution is 2.16. The summed E-state index contributed by atoms with van der Waals surface area (Å²) in [6.07, 6.45) is 2.32. The van der Waals surface area contributed by atoms with Crippen LogP contribution in [-0.2, 0) is 11.3 Å². The third kappa shape index (κ3) is 3.17. The fourth-order valence-electron chi connectivity index (χ4n) is 2.19. The van der Waals surface area contributed by atoms with Crippen molar-refractivity contribution in [2.45, 2.75) is 39.3 Å². The number of aryl methyl sites for hydroxylation is 1. The molecule has 1 aliphatic rings. The summed E-state index contributed by atoms with van der Waals surface area (Å²) in [5.41, 5.74) is 7.54. The maximum Gasteiger partial charge on any atom is 0.225 e. The number of hydrogen-bond donors (Lipinski definition) is 1. The summed E-state index contributed by atoms with van der Waals surface area (Å²) in [6.45, 7) is 7.23. The molecule has 18 heavy (non-hydrogen) atoms. The van der Waals surface area contributed by atoms with Crippen molar-refractivity contribution in [3.05, 3.63) is 17.5 Å². The molecule has 1 fully saturated rings. The second kappa shape index (κ2) is 6.11. The van der Waals surface area contributed by atoms with Gasteiger partial charge in [0.25, 0.3) is 0 Å². The average Bonchev–Trinajstić information content (AvgIpc) is 2.63. The Hall–Kier alpha value is -1.20. The minimum atomic E-state index is 0.276. The van der Waals surface area contributed by atoms with E-state index in [1.54, 1.807) is 0 Å². The fourth-order valence-corrected chi connectivity index (χ4v) is 2.19. The van der Waals surface area contributed by atoms with Crippen molar-refractivity contribution in [1.29, 1.82) is 0 Å². The van der Waals surface area contributed by atoms with E-state index in [2.05, 4.69) is 21.8 Å². The van der Waals surface area contributed by atoms with Crippen molar-refractivity contribution < 1.29 is 4.74 Å². The van der Waals surface area contributed by atoms with E-state index in [0.717, 1.165) is 49.9 Å². The SMILES string of the molecule is CCC1CN(c2nc(C)cc(CN)n2)CCCO1. The van der Waals surface area contributed by atoms with Gasteiger partial charge in [0.15, 0.2) is 0 Å². The molecule has 0 aromatic carbocycles. The third-order valence-electron chi connectivity index (χ3n) is 3.19. The van der Waals surface area contributed by atoms with Gasteiger partial charge in [0.1, 0.15) is 0 Å². The smallest absolute Gasteiger partial charge is 0.225 e. The van der Waals surface area contributed by atoms with E-state index >= 15 is 0 Å². The monoisotopic (exact) mass is 250 g/mol. The lowest BCUT2D eigenvalue weighted by Crippen LogP contribution is -2.33. The Morgan fingerprint density at radius 1 is 1.50 bits per heavy atom. The molecule has 0 bridgehead atoms. The van der Waals surface area contributed by atoms with Crippen LogP contribution in [0.5, 0.6) is 0 Å². The highest BCUT2D eigenvalue weighted by atomic mass is 16.5. The van der Waals surface area contributed by atoms with Crippen LogP contribution in [0.3, 0.4) is 0 Å². The van der Waals surface area contributed by atoms with Crippen molar-refractivity contribution in [1.82, 2.24) is 9.97 Å². The van der Waals surface area contributed by atoms with Crippen LogP contribution in [0.4, 0.5) is 5.95 Å². The summed E-state index contributed by atoms with van der Waals surface area (Å²) in [6, 6.07) is 1.94. The van der Waals surface area contributed by atoms with Gasteiger partial charge in [0.2, 0.25) is 5.95 Å². The lowest BCUT2D eigenvalue weighted by molar-refractivity contribution is 0.0663. The molecule has 1 saturated heterocycles. The van der Waals surface area contributed by atoms with Gasteiger partial charge in [-0.25, -0.2) is 9.97 Å². The van der Waals surface area contributed by atoms with Gasteiger partial charge in [0.05, 0.1) is 11.8 Å². The van der Waals surface area contributed by atoms with Crippen LogP contribution in [0.2, 0.25) is 0 Å². The van der Waals surface area contributed by atoms with Gasteiger partial charge in [-0.05, 0) is 25.8 Å². The molecule has 1 unspecified atom stereocenters. The molecule has 5 nitrogen and oxygen atoms in total. The van der Waals surface area contributed by atoms with Crippen molar-refractivity contribution in [2.24, 2.45) is 5.73 Å². The molecule has 0 radical (unpaired) electrons. The van der Waals surface area contributed by atoms with Crippen molar-refractivity contribution in [2.75, 3.05) is 24.6 Å². The number of aromatic nitrogens is 2. The Morgan fingerprint density at radius 3 is 3.06 bits per heavy atom. The number of hydrogen-bond acceptors (Lipinski definition) is 5.